The number of hydrogen-bond donors (Lipinski definition) is 1. The van der Waals surface area contributed by atoms with Crippen LogP contribution in [0.4, 0.5) is 0 Å². The van der Waals surface area contributed by atoms with E-state index in [-0.39, 0.29) is 0 Å². The molecule has 0 aliphatic rings. The van der Waals surface area contributed by atoms with E-state index in [0.29, 0.717) is 0 Å². The first-order chi connectivity index (χ1) is 8.19. The molecule has 0 saturated heterocycles. The van der Waals surface area contributed by atoms with Gasteiger partial charge in [0.05, 0.1) is 7.11 Å². The van der Waals surface area contributed by atoms with Crippen molar-refractivity contribution in [3.8, 4) is 0 Å². The topological polar surface area (TPSA) is 74.7 Å². The molecule has 0 heterocycles. The van der Waals surface area contributed by atoms with Gasteiger partial charge < -0.3 is 9.84 Å². The minimum atomic E-state index is -0.914. The Balaban J connectivity index is 2.95. The van der Waals surface area contributed by atoms with Crippen molar-refractivity contribution < 1.29 is 14.6 Å². The van der Waals surface area contributed by atoms with E-state index >= 15 is 0 Å². The van der Waals surface area contributed by atoms with Gasteiger partial charge >= 0.3 is 11.7 Å². The third kappa shape index (κ3) is 3.47. The molecular weight excluding hydrogens is 220 g/mol. The molecule has 1 aromatic rings. The van der Waals surface area contributed by atoms with Crippen molar-refractivity contribution in [1.29, 1.82) is 5.39 Å². The standard InChI is InChI=1S/C12H10N2O3/c1-17-12(16)11(14-13)10(15)8-7-9-5-3-2-4-6-9/h2-8H,1H3/p+1/b8-7+. The highest BCUT2D eigenvalue weighted by molar-refractivity contribution is 5.91. The summed E-state index contributed by atoms with van der Waals surface area (Å²) < 4.78 is 4.33. The fourth-order valence-electron chi connectivity index (χ4n) is 1.11. The van der Waals surface area contributed by atoms with Crippen LogP contribution >= 0.6 is 0 Å². The summed E-state index contributed by atoms with van der Waals surface area (Å²) in [6.45, 7) is 0. The quantitative estimate of drug-likeness (QED) is 0.285. The predicted octanol–water partition coefficient (Wildman–Crippen LogP) is 2.50. The van der Waals surface area contributed by atoms with Gasteiger partial charge in [0, 0.05) is 0 Å². The van der Waals surface area contributed by atoms with Gasteiger partial charge in [-0.25, -0.2) is 4.79 Å². The fourth-order valence-corrected chi connectivity index (χ4v) is 1.11. The maximum Gasteiger partial charge on any atom is 0.509 e. The molecule has 0 radical (unpaired) electrons. The van der Waals surface area contributed by atoms with Crippen LogP contribution in [-0.2, 0) is 9.53 Å². The Bertz CT molecular complexity index is 498. The zero-order chi connectivity index (χ0) is 12.7. The van der Waals surface area contributed by atoms with Gasteiger partial charge in [-0.15, -0.1) is 0 Å². The molecule has 0 unspecified atom stereocenters. The zero-order valence-electron chi connectivity index (χ0n) is 9.20. The maximum atomic E-state index is 11.1. The van der Waals surface area contributed by atoms with Gasteiger partial charge in [0.25, 0.3) is 0 Å². The highest BCUT2D eigenvalue weighted by Crippen LogP contribution is 2.09. The molecule has 5 nitrogen and oxygen atoms in total. The summed E-state index contributed by atoms with van der Waals surface area (Å²) in [4.78, 5) is 13.7. The second-order valence-corrected chi connectivity index (χ2v) is 3.07. The average molecular weight is 231 g/mol. The molecule has 0 fully saturated rings. The van der Waals surface area contributed by atoms with Gasteiger partial charge in [0.1, 0.15) is 0 Å². The normalized spacial score (nSPS) is 11.8. The average Bonchev–Trinajstić information content (AvgIpc) is 2.38. The number of benzene rings is 1. The molecule has 1 aromatic carbocycles. The lowest BCUT2D eigenvalue weighted by atomic mass is 10.2. The third-order valence-corrected chi connectivity index (χ3v) is 1.95. The molecule has 0 bridgehead atoms. The van der Waals surface area contributed by atoms with Crippen molar-refractivity contribution in [2.45, 2.75) is 0 Å². The molecule has 86 valence electrons. The van der Waals surface area contributed by atoms with Crippen molar-refractivity contribution in [1.82, 2.24) is 0 Å². The lowest BCUT2D eigenvalue weighted by Gasteiger charge is -1.91. The van der Waals surface area contributed by atoms with E-state index in [1.165, 1.54) is 6.08 Å². The monoisotopic (exact) mass is 231 g/mol. The van der Waals surface area contributed by atoms with Gasteiger partial charge in [0.15, 0.2) is 4.98 Å². The van der Waals surface area contributed by atoms with Crippen molar-refractivity contribution in [2.24, 2.45) is 0 Å². The number of ether oxygens (including phenoxy) is 1. The number of esters is 1. The summed E-state index contributed by atoms with van der Waals surface area (Å²) in [5.41, 5.74) is 0.292. The highest BCUT2D eigenvalue weighted by Gasteiger charge is 2.28. The first kappa shape index (κ1) is 12.5. The molecule has 0 spiro atoms. The molecule has 5 heteroatoms. The van der Waals surface area contributed by atoms with Crippen molar-refractivity contribution in [3.63, 3.8) is 0 Å². The van der Waals surface area contributed by atoms with Crippen LogP contribution in [0.2, 0.25) is 0 Å². The Morgan fingerprint density at radius 1 is 1.41 bits per heavy atom. The minimum absolute atomic E-state index is 0.469. The Morgan fingerprint density at radius 3 is 2.59 bits per heavy atom. The molecule has 0 aromatic heterocycles. The Labute approximate surface area is 98.3 Å². The minimum Gasteiger partial charge on any atom is -0.501 e. The summed E-state index contributed by atoms with van der Waals surface area (Å²) >= 11 is 0. The van der Waals surface area contributed by atoms with Crippen molar-refractivity contribution in [3.05, 3.63) is 58.4 Å². The van der Waals surface area contributed by atoms with E-state index in [2.05, 4.69) is 9.71 Å². The Kier molecular flexibility index (Phi) is 4.45. The van der Waals surface area contributed by atoms with Gasteiger partial charge in [0.2, 0.25) is 11.2 Å². The second kappa shape index (κ2) is 6.08. The van der Waals surface area contributed by atoms with Crippen LogP contribution in [0.3, 0.4) is 0 Å². The SMILES string of the molecule is COC(=O)/C([N+]#N)=C(O)/C=C/c1ccccc1. The molecule has 0 atom stereocenters. The number of nitrogens with zero attached hydrogens (tertiary/aromatic N) is 2. The first-order valence-electron chi connectivity index (χ1n) is 4.79. The molecule has 1 rings (SSSR count). The van der Waals surface area contributed by atoms with Gasteiger partial charge in [-0.05, 0) is 11.6 Å². The second-order valence-electron chi connectivity index (χ2n) is 3.07. The summed E-state index contributed by atoms with van der Waals surface area (Å²) in [5, 5.41) is 18.1. The molecule has 17 heavy (non-hydrogen) atoms. The molecule has 0 saturated carbocycles. The number of aliphatic hydroxyl groups excluding tert-OH is 1. The van der Waals surface area contributed by atoms with Crippen molar-refractivity contribution in [2.75, 3.05) is 7.11 Å². The van der Waals surface area contributed by atoms with Gasteiger partial charge in [-0.2, -0.15) is 0 Å². The molecule has 0 aliphatic carbocycles. The summed E-state index contributed by atoms with van der Waals surface area (Å²) in [6, 6.07) is 9.15. The Hall–Kier alpha value is -2.61. The summed E-state index contributed by atoms with van der Waals surface area (Å²) in [5.74, 6) is -1.38. The van der Waals surface area contributed by atoms with Crippen LogP contribution in [0.5, 0.6) is 0 Å². The van der Waals surface area contributed by atoms with Gasteiger partial charge in [-0.3, -0.25) is 0 Å². The first-order valence-corrected chi connectivity index (χ1v) is 4.79. The van der Waals surface area contributed by atoms with E-state index in [9.17, 15) is 9.90 Å². The number of carbonyl (C=O) groups is 1. The number of aliphatic hydroxyl groups is 1. The smallest absolute Gasteiger partial charge is 0.501 e. The van der Waals surface area contributed by atoms with E-state index in [0.717, 1.165) is 12.7 Å². The van der Waals surface area contributed by atoms with Crippen LogP contribution in [0.25, 0.3) is 11.1 Å². The van der Waals surface area contributed by atoms with Crippen molar-refractivity contribution >= 4 is 12.0 Å². The number of carbonyl (C=O) groups excluding carboxylic acids is 1. The van der Waals surface area contributed by atoms with Gasteiger partial charge in [-0.1, -0.05) is 36.4 Å². The maximum absolute atomic E-state index is 11.1. The van der Waals surface area contributed by atoms with Crippen LogP contribution in [0.15, 0.2) is 47.9 Å². The number of rotatable bonds is 3. The van der Waals surface area contributed by atoms with Crippen LogP contribution in [0.1, 0.15) is 5.56 Å². The highest BCUT2D eigenvalue weighted by atomic mass is 16.5. The Morgan fingerprint density at radius 2 is 2.06 bits per heavy atom. The number of hydrogen-bond acceptors (Lipinski definition) is 4. The lowest BCUT2D eigenvalue weighted by molar-refractivity contribution is -0.135. The zero-order valence-corrected chi connectivity index (χ0v) is 9.20. The number of methoxy groups -OCH3 is 1. The molecule has 0 amide bonds. The van der Waals surface area contributed by atoms with E-state index in [4.69, 9.17) is 5.39 Å². The fraction of sp³-hybridized carbons (Fsp3) is 0.0833. The summed E-state index contributed by atoms with van der Waals surface area (Å²) in [7, 11) is 1.13. The van der Waals surface area contributed by atoms with Crippen LogP contribution < -0.4 is 0 Å². The molecule has 1 N–H and O–H groups in total. The lowest BCUT2D eigenvalue weighted by Crippen LogP contribution is -2.03. The summed E-state index contributed by atoms with van der Waals surface area (Å²) in [6.07, 6.45) is 2.82. The predicted molar refractivity (Wildman–Crippen MR) is 62.2 cm³/mol. The van der Waals surface area contributed by atoms with E-state index in [1.54, 1.807) is 6.08 Å². The largest absolute Gasteiger partial charge is 0.509 e. The number of diazo groups is 1. The third-order valence-electron chi connectivity index (χ3n) is 1.95. The van der Waals surface area contributed by atoms with Crippen LogP contribution in [-0.4, -0.2) is 18.2 Å². The number of allylic oxidation sites excluding steroid dienone is 1. The molecular formula is C12H11N2O3+. The van der Waals surface area contributed by atoms with E-state index in [1.807, 2.05) is 30.3 Å². The van der Waals surface area contributed by atoms with Crippen LogP contribution in [0, 0.1) is 5.39 Å². The van der Waals surface area contributed by atoms with E-state index < -0.39 is 17.4 Å². The molecule has 0 aliphatic heterocycles.